The first kappa shape index (κ1) is 20.9. The number of rotatable bonds is 5. The van der Waals surface area contributed by atoms with Crippen molar-refractivity contribution < 1.29 is 13.2 Å². The molecule has 0 fully saturated rings. The molecule has 0 saturated carbocycles. The van der Waals surface area contributed by atoms with Gasteiger partial charge in [-0.05, 0) is 61.4 Å². The molecule has 0 amide bonds. The van der Waals surface area contributed by atoms with Gasteiger partial charge in [0.05, 0.1) is 23.2 Å². The van der Waals surface area contributed by atoms with Crippen molar-refractivity contribution in [2.75, 3.05) is 12.4 Å². The molecular formula is C24H21N5O3S. The van der Waals surface area contributed by atoms with Gasteiger partial charge in [0.1, 0.15) is 11.6 Å². The van der Waals surface area contributed by atoms with E-state index >= 15 is 0 Å². The third-order valence-electron chi connectivity index (χ3n) is 5.63. The van der Waals surface area contributed by atoms with Gasteiger partial charge >= 0.3 is 0 Å². The molecule has 8 nitrogen and oxygen atoms in total. The van der Waals surface area contributed by atoms with Crippen LogP contribution in [0.5, 0.6) is 5.75 Å². The summed E-state index contributed by atoms with van der Waals surface area (Å²) in [5.74, 6) is 1.11. The lowest BCUT2D eigenvalue weighted by molar-refractivity contribution is 0.417. The van der Waals surface area contributed by atoms with Gasteiger partial charge in [-0.3, -0.25) is 0 Å². The molecule has 0 atom stereocenters. The van der Waals surface area contributed by atoms with Gasteiger partial charge in [-0.25, -0.2) is 13.4 Å². The summed E-state index contributed by atoms with van der Waals surface area (Å²) in [4.78, 5) is 4.81. The molecule has 2 heterocycles. The zero-order valence-corrected chi connectivity index (χ0v) is 19.1. The molecule has 0 aliphatic carbocycles. The lowest BCUT2D eigenvalue weighted by Gasteiger charge is -2.13. The maximum absolute atomic E-state index is 13.5. The van der Waals surface area contributed by atoms with Crippen molar-refractivity contribution in [2.45, 2.75) is 23.8 Å². The third-order valence-corrected chi connectivity index (χ3v) is 7.27. The lowest BCUT2D eigenvalue weighted by Crippen LogP contribution is -2.06. The van der Waals surface area contributed by atoms with E-state index in [-0.39, 0.29) is 15.6 Å². The predicted octanol–water partition coefficient (Wildman–Crippen LogP) is 4.48. The van der Waals surface area contributed by atoms with Crippen LogP contribution in [0.1, 0.15) is 11.1 Å². The molecule has 33 heavy (non-hydrogen) atoms. The summed E-state index contributed by atoms with van der Waals surface area (Å²) < 4.78 is 33.9. The number of methoxy groups -OCH3 is 1. The van der Waals surface area contributed by atoms with Gasteiger partial charge < -0.3 is 10.1 Å². The molecule has 0 saturated heterocycles. The van der Waals surface area contributed by atoms with Crippen LogP contribution in [-0.2, 0) is 9.84 Å². The quantitative estimate of drug-likeness (QED) is 0.414. The Morgan fingerprint density at radius 3 is 2.48 bits per heavy atom. The summed E-state index contributed by atoms with van der Waals surface area (Å²) in [5, 5.41) is 12.0. The largest absolute Gasteiger partial charge is 0.495 e. The Kier molecular flexibility index (Phi) is 4.98. The summed E-state index contributed by atoms with van der Waals surface area (Å²) in [6, 6.07) is 19.9. The smallest absolute Gasteiger partial charge is 0.229 e. The van der Waals surface area contributed by atoms with Crippen molar-refractivity contribution in [1.82, 2.24) is 19.8 Å². The monoisotopic (exact) mass is 459 g/mol. The molecule has 1 N–H and O–H groups in total. The highest BCUT2D eigenvalue weighted by molar-refractivity contribution is 7.91. The average molecular weight is 460 g/mol. The highest BCUT2D eigenvalue weighted by Crippen LogP contribution is 2.32. The fourth-order valence-electron chi connectivity index (χ4n) is 3.68. The molecule has 9 heteroatoms. The Labute approximate surface area is 190 Å². The molecule has 0 aliphatic rings. The number of ether oxygens (including phenoxy) is 1. The zero-order valence-electron chi connectivity index (χ0n) is 18.3. The number of aryl methyl sites for hydroxylation is 2. The van der Waals surface area contributed by atoms with E-state index in [1.165, 1.54) is 4.52 Å². The third kappa shape index (κ3) is 3.46. The second kappa shape index (κ2) is 7.86. The van der Waals surface area contributed by atoms with E-state index < -0.39 is 9.84 Å². The average Bonchev–Trinajstić information content (AvgIpc) is 3.26. The van der Waals surface area contributed by atoms with Gasteiger partial charge in [-0.1, -0.05) is 35.5 Å². The van der Waals surface area contributed by atoms with Gasteiger partial charge in [0.2, 0.25) is 14.9 Å². The standard InChI is InChI=1S/C24H21N5O3S/c1-15-12-13-17(14-16(15)2)33(30,31)24-23-26-22(25-19-9-5-7-11-21(19)32-3)18-8-4-6-10-20(18)29(23)28-27-24/h4-14H,1-3H3,(H,25,26). The van der Waals surface area contributed by atoms with Crippen molar-refractivity contribution in [3.63, 3.8) is 0 Å². The van der Waals surface area contributed by atoms with Crippen LogP contribution in [0.25, 0.3) is 16.6 Å². The first-order valence-corrected chi connectivity index (χ1v) is 11.7. The molecule has 2 aromatic heterocycles. The fraction of sp³-hybridized carbons (Fsp3) is 0.125. The van der Waals surface area contributed by atoms with Crippen molar-refractivity contribution >= 4 is 37.9 Å². The van der Waals surface area contributed by atoms with Gasteiger partial charge in [0.25, 0.3) is 0 Å². The van der Waals surface area contributed by atoms with Crippen LogP contribution in [-0.4, -0.2) is 35.3 Å². The van der Waals surface area contributed by atoms with Crippen LogP contribution in [0.2, 0.25) is 0 Å². The second-order valence-electron chi connectivity index (χ2n) is 7.68. The Morgan fingerprint density at radius 1 is 0.939 bits per heavy atom. The number of nitrogens with zero attached hydrogens (tertiary/aromatic N) is 4. The number of hydrogen-bond acceptors (Lipinski definition) is 7. The van der Waals surface area contributed by atoms with E-state index in [1.807, 2.05) is 62.4 Å². The first-order chi connectivity index (χ1) is 15.9. The number of para-hydroxylation sites is 3. The molecule has 3 aromatic carbocycles. The Bertz CT molecular complexity index is 1630. The van der Waals surface area contributed by atoms with Crippen LogP contribution in [0.3, 0.4) is 0 Å². The van der Waals surface area contributed by atoms with E-state index in [0.29, 0.717) is 22.8 Å². The molecule has 0 bridgehead atoms. The van der Waals surface area contributed by atoms with Crippen molar-refractivity contribution in [1.29, 1.82) is 0 Å². The molecule has 0 aliphatic heterocycles. The van der Waals surface area contributed by atoms with Crippen LogP contribution in [0, 0.1) is 13.8 Å². The lowest BCUT2D eigenvalue weighted by atomic mass is 10.1. The second-order valence-corrected chi connectivity index (χ2v) is 9.55. The maximum atomic E-state index is 13.5. The number of aromatic nitrogens is 4. The van der Waals surface area contributed by atoms with E-state index in [1.54, 1.807) is 25.3 Å². The van der Waals surface area contributed by atoms with Gasteiger partial charge in [-0.15, -0.1) is 5.10 Å². The minimum absolute atomic E-state index is 0.143. The maximum Gasteiger partial charge on any atom is 0.229 e. The number of hydrogen-bond donors (Lipinski definition) is 1. The van der Waals surface area contributed by atoms with Crippen molar-refractivity contribution in [2.24, 2.45) is 0 Å². The Morgan fingerprint density at radius 2 is 1.70 bits per heavy atom. The summed E-state index contributed by atoms with van der Waals surface area (Å²) in [5.41, 5.74) is 3.41. The predicted molar refractivity (Wildman–Crippen MR) is 126 cm³/mol. The summed E-state index contributed by atoms with van der Waals surface area (Å²) in [7, 11) is -2.35. The van der Waals surface area contributed by atoms with E-state index in [2.05, 4.69) is 20.6 Å². The van der Waals surface area contributed by atoms with Gasteiger partial charge in [0, 0.05) is 5.39 Å². The summed E-state index contributed by atoms with van der Waals surface area (Å²) >= 11 is 0. The van der Waals surface area contributed by atoms with Crippen LogP contribution in [0.4, 0.5) is 11.5 Å². The molecular weight excluding hydrogens is 438 g/mol. The number of fused-ring (bicyclic) bond motifs is 3. The minimum atomic E-state index is -3.94. The highest BCUT2D eigenvalue weighted by Gasteiger charge is 2.27. The number of benzene rings is 3. The topological polar surface area (TPSA) is 98.5 Å². The summed E-state index contributed by atoms with van der Waals surface area (Å²) in [6.45, 7) is 3.81. The first-order valence-electron chi connectivity index (χ1n) is 10.3. The van der Waals surface area contributed by atoms with E-state index in [9.17, 15) is 8.42 Å². The normalized spacial score (nSPS) is 11.7. The fourth-order valence-corrected chi connectivity index (χ4v) is 5.00. The van der Waals surface area contributed by atoms with Gasteiger partial charge in [0.15, 0.2) is 5.65 Å². The molecule has 0 spiro atoms. The number of nitrogens with one attached hydrogen (secondary N) is 1. The molecule has 5 rings (SSSR count). The summed E-state index contributed by atoms with van der Waals surface area (Å²) in [6.07, 6.45) is 0. The van der Waals surface area contributed by atoms with Crippen LogP contribution < -0.4 is 10.1 Å². The Hall–Kier alpha value is -3.98. The molecule has 5 aromatic rings. The number of anilines is 2. The minimum Gasteiger partial charge on any atom is -0.495 e. The molecule has 166 valence electrons. The number of sulfone groups is 1. The van der Waals surface area contributed by atoms with E-state index in [4.69, 9.17) is 4.74 Å². The highest BCUT2D eigenvalue weighted by atomic mass is 32.2. The van der Waals surface area contributed by atoms with E-state index in [0.717, 1.165) is 16.5 Å². The van der Waals surface area contributed by atoms with Crippen LogP contribution >= 0.6 is 0 Å². The van der Waals surface area contributed by atoms with Crippen molar-refractivity contribution in [3.8, 4) is 5.75 Å². The van der Waals surface area contributed by atoms with Gasteiger partial charge in [-0.2, -0.15) is 4.52 Å². The zero-order chi connectivity index (χ0) is 23.2. The van der Waals surface area contributed by atoms with Crippen molar-refractivity contribution in [3.05, 3.63) is 77.9 Å². The molecule has 0 radical (unpaired) electrons. The SMILES string of the molecule is COc1ccccc1Nc1nc2c(S(=O)(=O)c3ccc(C)c(C)c3)nnn2c2ccccc12. The molecule has 0 unspecified atom stereocenters. The Balaban J connectivity index is 1.74. The van der Waals surface area contributed by atoms with Crippen LogP contribution in [0.15, 0.2) is 76.7 Å².